The summed E-state index contributed by atoms with van der Waals surface area (Å²) >= 11 is 0. The third-order valence-electron chi connectivity index (χ3n) is 1.45. The predicted molar refractivity (Wildman–Crippen MR) is 47.0 cm³/mol. The minimum atomic E-state index is 0.0316. The lowest BCUT2D eigenvalue weighted by atomic mass is 9.90. The number of carbonyl (C=O) groups excluding carboxylic acids is 1. The summed E-state index contributed by atoms with van der Waals surface area (Å²) in [5.74, 6) is 0.539. The van der Waals surface area contributed by atoms with Crippen LogP contribution in [0.5, 0.6) is 0 Å². The molecule has 0 aromatic carbocycles. The zero-order chi connectivity index (χ0) is 9.19. The quantitative estimate of drug-likeness (QED) is 0.683. The van der Waals surface area contributed by atoms with Crippen LogP contribution in [0.1, 0.15) is 37.8 Å². The Balaban J connectivity index is 2.63. The van der Waals surface area contributed by atoms with Crippen LogP contribution in [-0.4, -0.2) is 15.8 Å². The van der Waals surface area contributed by atoms with Gasteiger partial charge in [-0.05, 0) is 5.41 Å². The van der Waals surface area contributed by atoms with Crippen molar-refractivity contribution in [3.63, 3.8) is 0 Å². The van der Waals surface area contributed by atoms with E-state index in [0.717, 1.165) is 0 Å². The minimum absolute atomic E-state index is 0.0316. The fraction of sp³-hybridized carbons (Fsp3) is 0.556. The highest BCUT2D eigenvalue weighted by Crippen LogP contribution is 2.20. The van der Waals surface area contributed by atoms with Crippen LogP contribution >= 0.6 is 0 Å². The van der Waals surface area contributed by atoms with Crippen LogP contribution in [-0.2, 0) is 0 Å². The maximum atomic E-state index is 11.4. The molecule has 0 fully saturated rings. The summed E-state index contributed by atoms with van der Waals surface area (Å²) in [6, 6.07) is 0. The Bertz CT molecular complexity index is 257. The predicted octanol–water partition coefficient (Wildman–Crippen LogP) is 2.03. The zero-order valence-corrected chi connectivity index (χ0v) is 7.72. The van der Waals surface area contributed by atoms with Crippen LogP contribution in [0.4, 0.5) is 0 Å². The summed E-state index contributed by atoms with van der Waals surface area (Å²) < 4.78 is 0. The first-order valence-electron chi connectivity index (χ1n) is 4.02. The highest BCUT2D eigenvalue weighted by Gasteiger charge is 2.18. The van der Waals surface area contributed by atoms with Crippen molar-refractivity contribution in [2.75, 3.05) is 0 Å². The number of aromatic nitrogens is 2. The zero-order valence-electron chi connectivity index (χ0n) is 7.72. The van der Waals surface area contributed by atoms with Crippen LogP contribution in [0, 0.1) is 5.41 Å². The van der Waals surface area contributed by atoms with Gasteiger partial charge in [0.05, 0.1) is 0 Å². The number of rotatable bonds is 2. The summed E-state index contributed by atoms with van der Waals surface area (Å²) in [6.07, 6.45) is 3.78. The van der Waals surface area contributed by atoms with Gasteiger partial charge in [-0.15, -0.1) is 0 Å². The molecule has 0 aliphatic carbocycles. The molecule has 0 aliphatic rings. The maximum Gasteiger partial charge on any atom is 0.198 e. The summed E-state index contributed by atoms with van der Waals surface area (Å²) in [7, 11) is 0. The Hall–Kier alpha value is -1.12. The number of carbonyl (C=O) groups is 1. The standard InChI is InChI=1S/C9H14N2O/c1-9(2,3)6-7(12)8-10-4-5-11-8/h4-5H,6H2,1-3H3,(H,10,11). The molecule has 0 saturated carbocycles. The molecular formula is C9H14N2O. The Morgan fingerprint density at radius 2 is 2.25 bits per heavy atom. The molecule has 0 amide bonds. The second-order valence-corrected chi connectivity index (χ2v) is 4.10. The number of hydrogen-bond acceptors (Lipinski definition) is 2. The molecule has 0 radical (unpaired) electrons. The first-order valence-corrected chi connectivity index (χ1v) is 4.02. The lowest BCUT2D eigenvalue weighted by molar-refractivity contribution is 0.0930. The van der Waals surface area contributed by atoms with Crippen molar-refractivity contribution < 1.29 is 4.79 Å². The van der Waals surface area contributed by atoms with E-state index in [1.165, 1.54) is 0 Å². The van der Waals surface area contributed by atoms with Crippen LogP contribution in [0.3, 0.4) is 0 Å². The Kier molecular flexibility index (Phi) is 2.31. The van der Waals surface area contributed by atoms with Crippen molar-refractivity contribution in [1.82, 2.24) is 9.97 Å². The number of imidazole rings is 1. The molecule has 0 aliphatic heterocycles. The van der Waals surface area contributed by atoms with Gasteiger partial charge in [-0.1, -0.05) is 20.8 Å². The first kappa shape index (κ1) is 8.97. The van der Waals surface area contributed by atoms with E-state index in [0.29, 0.717) is 12.2 Å². The Labute approximate surface area is 72.2 Å². The highest BCUT2D eigenvalue weighted by atomic mass is 16.1. The van der Waals surface area contributed by atoms with Crippen LogP contribution < -0.4 is 0 Å². The van der Waals surface area contributed by atoms with Crippen molar-refractivity contribution in [1.29, 1.82) is 0 Å². The molecule has 1 heterocycles. The third-order valence-corrected chi connectivity index (χ3v) is 1.45. The number of aromatic amines is 1. The lowest BCUT2D eigenvalue weighted by Crippen LogP contribution is -2.14. The van der Waals surface area contributed by atoms with Gasteiger partial charge in [0.1, 0.15) is 0 Å². The number of nitrogens with one attached hydrogen (secondary N) is 1. The molecular weight excluding hydrogens is 152 g/mol. The lowest BCUT2D eigenvalue weighted by Gasteiger charge is -2.15. The Morgan fingerprint density at radius 3 is 2.67 bits per heavy atom. The van der Waals surface area contributed by atoms with Crippen LogP contribution in [0.2, 0.25) is 0 Å². The largest absolute Gasteiger partial charge is 0.342 e. The molecule has 1 rings (SSSR count). The number of Topliss-reactive ketones (excluding diaryl/α,β-unsaturated/α-hetero) is 1. The van der Waals surface area contributed by atoms with Gasteiger partial charge >= 0.3 is 0 Å². The molecule has 1 aromatic rings. The molecule has 1 aromatic heterocycles. The van der Waals surface area contributed by atoms with Crippen molar-refractivity contribution in [2.24, 2.45) is 5.41 Å². The number of nitrogens with zero attached hydrogens (tertiary/aromatic N) is 1. The van der Waals surface area contributed by atoms with Crippen molar-refractivity contribution in [3.05, 3.63) is 18.2 Å². The van der Waals surface area contributed by atoms with E-state index in [2.05, 4.69) is 9.97 Å². The van der Waals surface area contributed by atoms with Gasteiger partial charge in [0.25, 0.3) is 0 Å². The average molecular weight is 166 g/mol. The third kappa shape index (κ3) is 2.49. The van der Waals surface area contributed by atoms with Crippen LogP contribution in [0.15, 0.2) is 12.4 Å². The van der Waals surface area contributed by atoms with Crippen molar-refractivity contribution in [2.45, 2.75) is 27.2 Å². The molecule has 0 bridgehead atoms. The highest BCUT2D eigenvalue weighted by molar-refractivity contribution is 5.92. The fourth-order valence-electron chi connectivity index (χ4n) is 0.983. The van der Waals surface area contributed by atoms with E-state index in [9.17, 15) is 4.79 Å². The van der Waals surface area contributed by atoms with Crippen LogP contribution in [0.25, 0.3) is 0 Å². The van der Waals surface area contributed by atoms with Gasteiger partial charge in [0.2, 0.25) is 0 Å². The number of ketones is 1. The molecule has 3 heteroatoms. The maximum absolute atomic E-state index is 11.4. The average Bonchev–Trinajstić information content (AvgIpc) is 2.32. The van der Waals surface area contributed by atoms with E-state index >= 15 is 0 Å². The van der Waals surface area contributed by atoms with E-state index in [4.69, 9.17) is 0 Å². The monoisotopic (exact) mass is 166 g/mol. The van der Waals surface area contributed by atoms with Crippen molar-refractivity contribution >= 4 is 5.78 Å². The topological polar surface area (TPSA) is 45.8 Å². The van der Waals surface area contributed by atoms with E-state index < -0.39 is 0 Å². The second kappa shape index (κ2) is 3.09. The number of hydrogen-bond donors (Lipinski definition) is 1. The fourth-order valence-corrected chi connectivity index (χ4v) is 0.983. The summed E-state index contributed by atoms with van der Waals surface area (Å²) in [5, 5.41) is 0. The molecule has 0 atom stereocenters. The van der Waals surface area contributed by atoms with Gasteiger partial charge in [-0.2, -0.15) is 0 Å². The second-order valence-electron chi connectivity index (χ2n) is 4.10. The molecule has 66 valence electrons. The molecule has 0 saturated heterocycles. The molecule has 1 N–H and O–H groups in total. The van der Waals surface area contributed by atoms with Gasteiger partial charge in [-0.3, -0.25) is 4.79 Å². The van der Waals surface area contributed by atoms with Gasteiger partial charge in [0, 0.05) is 18.8 Å². The summed E-state index contributed by atoms with van der Waals surface area (Å²) in [6.45, 7) is 6.11. The molecule has 3 nitrogen and oxygen atoms in total. The number of H-pyrrole nitrogens is 1. The minimum Gasteiger partial charge on any atom is -0.342 e. The SMILES string of the molecule is CC(C)(C)CC(=O)c1ncc[nH]1. The van der Waals surface area contributed by atoms with E-state index in [-0.39, 0.29) is 11.2 Å². The molecule has 12 heavy (non-hydrogen) atoms. The van der Waals surface area contributed by atoms with Crippen molar-refractivity contribution in [3.8, 4) is 0 Å². The molecule has 0 unspecified atom stereocenters. The van der Waals surface area contributed by atoms with E-state index in [1.54, 1.807) is 12.4 Å². The normalized spacial score (nSPS) is 11.6. The first-order chi connectivity index (χ1) is 5.49. The smallest absolute Gasteiger partial charge is 0.198 e. The Morgan fingerprint density at radius 1 is 1.58 bits per heavy atom. The summed E-state index contributed by atoms with van der Waals surface area (Å²) in [4.78, 5) is 18.1. The van der Waals surface area contributed by atoms with E-state index in [1.807, 2.05) is 20.8 Å². The summed E-state index contributed by atoms with van der Waals surface area (Å²) in [5.41, 5.74) is 0.0316. The van der Waals surface area contributed by atoms with Gasteiger partial charge < -0.3 is 4.98 Å². The van der Waals surface area contributed by atoms with Gasteiger partial charge in [-0.25, -0.2) is 4.98 Å². The molecule has 0 spiro atoms. The van der Waals surface area contributed by atoms with Gasteiger partial charge in [0.15, 0.2) is 11.6 Å².